The molecule has 0 saturated heterocycles. The number of benzene rings is 2. The van der Waals surface area contributed by atoms with Crippen molar-refractivity contribution in [3.63, 3.8) is 0 Å². The third-order valence-electron chi connectivity index (χ3n) is 3.05. The number of amides is 1. The molecule has 0 aromatic heterocycles. The molecular formula is C16H16Cl2N2O2. The number of nitrogens with one attached hydrogen (secondary N) is 2. The van der Waals surface area contributed by atoms with E-state index in [1.165, 1.54) is 0 Å². The van der Waals surface area contributed by atoms with Crippen LogP contribution < -0.4 is 15.4 Å². The lowest BCUT2D eigenvalue weighted by atomic mass is 10.2. The summed E-state index contributed by atoms with van der Waals surface area (Å²) in [5.74, 6) is 0.549. The normalized spacial score (nSPS) is 11.6. The molecule has 2 aromatic carbocycles. The second kappa shape index (κ2) is 7.38. The highest BCUT2D eigenvalue weighted by molar-refractivity contribution is 6.35. The van der Waals surface area contributed by atoms with E-state index in [4.69, 9.17) is 27.9 Å². The van der Waals surface area contributed by atoms with E-state index >= 15 is 0 Å². The largest absolute Gasteiger partial charge is 0.497 e. The van der Waals surface area contributed by atoms with Crippen LogP contribution in [0.2, 0.25) is 10.0 Å². The lowest BCUT2D eigenvalue weighted by Gasteiger charge is -2.16. The summed E-state index contributed by atoms with van der Waals surface area (Å²) in [7, 11) is 1.60. The summed E-state index contributed by atoms with van der Waals surface area (Å²) in [5, 5.41) is 6.80. The fraction of sp³-hybridized carbons (Fsp3) is 0.188. The zero-order chi connectivity index (χ0) is 16.1. The average molecular weight is 339 g/mol. The van der Waals surface area contributed by atoms with Gasteiger partial charge in [0, 0.05) is 10.7 Å². The lowest BCUT2D eigenvalue weighted by molar-refractivity contribution is -0.116. The minimum Gasteiger partial charge on any atom is -0.497 e. The van der Waals surface area contributed by atoms with Gasteiger partial charge in [-0.05, 0) is 49.4 Å². The molecule has 0 fully saturated rings. The summed E-state index contributed by atoms with van der Waals surface area (Å²) in [4.78, 5) is 12.2. The molecule has 0 bridgehead atoms. The summed E-state index contributed by atoms with van der Waals surface area (Å²) in [6.07, 6.45) is 0. The maximum Gasteiger partial charge on any atom is 0.246 e. The van der Waals surface area contributed by atoms with E-state index in [0.717, 1.165) is 11.4 Å². The quantitative estimate of drug-likeness (QED) is 0.847. The topological polar surface area (TPSA) is 50.4 Å². The van der Waals surface area contributed by atoms with Crippen molar-refractivity contribution in [2.45, 2.75) is 13.0 Å². The van der Waals surface area contributed by atoms with Crippen LogP contribution in [0.5, 0.6) is 5.75 Å². The maximum atomic E-state index is 12.2. The first kappa shape index (κ1) is 16.5. The van der Waals surface area contributed by atoms with Crippen molar-refractivity contribution in [3.8, 4) is 5.75 Å². The number of hydrogen-bond acceptors (Lipinski definition) is 3. The van der Waals surface area contributed by atoms with Gasteiger partial charge < -0.3 is 15.4 Å². The van der Waals surface area contributed by atoms with Gasteiger partial charge >= 0.3 is 0 Å². The van der Waals surface area contributed by atoms with Crippen LogP contribution in [-0.2, 0) is 4.79 Å². The van der Waals surface area contributed by atoms with Gasteiger partial charge in [-0.2, -0.15) is 0 Å². The van der Waals surface area contributed by atoms with Gasteiger partial charge in [-0.25, -0.2) is 0 Å². The fourth-order valence-electron chi connectivity index (χ4n) is 1.84. The maximum absolute atomic E-state index is 12.2. The molecule has 2 aromatic rings. The molecule has 4 nitrogen and oxygen atoms in total. The van der Waals surface area contributed by atoms with Crippen molar-refractivity contribution in [3.05, 3.63) is 52.5 Å². The van der Waals surface area contributed by atoms with Gasteiger partial charge in [-0.15, -0.1) is 0 Å². The summed E-state index contributed by atoms with van der Waals surface area (Å²) in [6.45, 7) is 1.76. The summed E-state index contributed by atoms with van der Waals surface area (Å²) >= 11 is 11.9. The van der Waals surface area contributed by atoms with E-state index < -0.39 is 6.04 Å². The molecule has 0 aliphatic carbocycles. The minimum absolute atomic E-state index is 0.208. The highest BCUT2D eigenvalue weighted by Crippen LogP contribution is 2.25. The van der Waals surface area contributed by atoms with E-state index in [1.54, 1.807) is 32.2 Å². The highest BCUT2D eigenvalue weighted by atomic mass is 35.5. The Kier molecular flexibility index (Phi) is 5.52. The van der Waals surface area contributed by atoms with Crippen molar-refractivity contribution >= 4 is 40.5 Å². The molecule has 0 aliphatic heterocycles. The van der Waals surface area contributed by atoms with Gasteiger partial charge in [0.05, 0.1) is 17.8 Å². The van der Waals surface area contributed by atoms with E-state index in [2.05, 4.69) is 10.6 Å². The average Bonchev–Trinajstić information content (AvgIpc) is 2.51. The van der Waals surface area contributed by atoms with Crippen molar-refractivity contribution in [1.29, 1.82) is 0 Å². The number of carbonyl (C=O) groups is 1. The van der Waals surface area contributed by atoms with Crippen LogP contribution in [0.1, 0.15) is 6.92 Å². The minimum atomic E-state index is -0.441. The van der Waals surface area contributed by atoms with Crippen LogP contribution in [0, 0.1) is 0 Å². The SMILES string of the molecule is COc1ccc(NC(C)C(=O)Nc2cc(Cl)ccc2Cl)cc1. The monoisotopic (exact) mass is 338 g/mol. The number of ether oxygens (including phenoxy) is 1. The van der Waals surface area contributed by atoms with E-state index in [1.807, 2.05) is 24.3 Å². The first-order valence-electron chi connectivity index (χ1n) is 6.66. The van der Waals surface area contributed by atoms with Gasteiger partial charge in [0.2, 0.25) is 5.91 Å². The molecule has 1 amide bonds. The molecule has 0 aliphatic rings. The second-order valence-corrected chi connectivity index (χ2v) is 5.55. The zero-order valence-electron chi connectivity index (χ0n) is 12.2. The Hall–Kier alpha value is -1.91. The molecule has 1 atom stereocenters. The molecule has 2 rings (SSSR count). The predicted molar refractivity (Wildman–Crippen MR) is 91.2 cm³/mol. The van der Waals surface area contributed by atoms with Gasteiger partial charge in [0.1, 0.15) is 11.8 Å². The predicted octanol–water partition coefficient (Wildman–Crippen LogP) is 4.44. The third kappa shape index (κ3) is 4.29. The molecule has 0 heterocycles. The first-order chi connectivity index (χ1) is 10.5. The van der Waals surface area contributed by atoms with Gasteiger partial charge in [0.25, 0.3) is 0 Å². The van der Waals surface area contributed by atoms with Gasteiger partial charge in [-0.1, -0.05) is 23.2 Å². The van der Waals surface area contributed by atoms with E-state index in [-0.39, 0.29) is 5.91 Å². The molecule has 6 heteroatoms. The Morgan fingerprint density at radius 2 is 1.82 bits per heavy atom. The van der Waals surface area contributed by atoms with Gasteiger partial charge in [-0.3, -0.25) is 4.79 Å². The lowest BCUT2D eigenvalue weighted by Crippen LogP contribution is -2.31. The van der Waals surface area contributed by atoms with Crippen LogP contribution in [0.4, 0.5) is 11.4 Å². The Balaban J connectivity index is 2.00. The van der Waals surface area contributed by atoms with E-state index in [9.17, 15) is 4.79 Å². The number of hydrogen-bond donors (Lipinski definition) is 2. The number of anilines is 2. The van der Waals surface area contributed by atoms with Crippen molar-refractivity contribution in [2.75, 3.05) is 17.7 Å². The van der Waals surface area contributed by atoms with Crippen LogP contribution in [0.25, 0.3) is 0 Å². The summed E-state index contributed by atoms with van der Waals surface area (Å²) in [5.41, 5.74) is 1.31. The smallest absolute Gasteiger partial charge is 0.246 e. The number of carbonyl (C=O) groups excluding carboxylic acids is 1. The first-order valence-corrected chi connectivity index (χ1v) is 7.41. The Morgan fingerprint density at radius 1 is 1.14 bits per heavy atom. The molecule has 116 valence electrons. The molecule has 2 N–H and O–H groups in total. The fourth-order valence-corrected chi connectivity index (χ4v) is 2.17. The molecule has 0 saturated carbocycles. The van der Waals surface area contributed by atoms with Gasteiger partial charge in [0.15, 0.2) is 0 Å². The molecule has 0 radical (unpaired) electrons. The molecule has 1 unspecified atom stereocenters. The molecule has 0 spiro atoms. The van der Waals surface area contributed by atoms with E-state index in [0.29, 0.717) is 15.7 Å². The highest BCUT2D eigenvalue weighted by Gasteiger charge is 2.14. The Bertz CT molecular complexity index is 660. The van der Waals surface area contributed by atoms with Crippen molar-refractivity contribution < 1.29 is 9.53 Å². The van der Waals surface area contributed by atoms with Crippen LogP contribution >= 0.6 is 23.2 Å². The number of halogens is 2. The number of rotatable bonds is 5. The third-order valence-corrected chi connectivity index (χ3v) is 3.62. The molecular weight excluding hydrogens is 323 g/mol. The summed E-state index contributed by atoms with van der Waals surface area (Å²) < 4.78 is 5.09. The van der Waals surface area contributed by atoms with Crippen LogP contribution in [0.15, 0.2) is 42.5 Å². The standard InChI is InChI=1S/C16H16Cl2N2O2/c1-10(19-12-4-6-13(22-2)7-5-12)16(21)20-15-9-11(17)3-8-14(15)18/h3-10,19H,1-2H3,(H,20,21). The van der Waals surface area contributed by atoms with Crippen LogP contribution in [0.3, 0.4) is 0 Å². The van der Waals surface area contributed by atoms with Crippen LogP contribution in [-0.4, -0.2) is 19.1 Å². The summed E-state index contributed by atoms with van der Waals surface area (Å²) in [6, 6.07) is 11.8. The Morgan fingerprint density at radius 3 is 2.45 bits per heavy atom. The Labute approximate surface area is 139 Å². The van der Waals surface area contributed by atoms with Crippen molar-refractivity contribution in [2.24, 2.45) is 0 Å². The number of methoxy groups -OCH3 is 1. The molecule has 22 heavy (non-hydrogen) atoms. The second-order valence-electron chi connectivity index (χ2n) is 4.71. The van der Waals surface area contributed by atoms with Crippen molar-refractivity contribution in [1.82, 2.24) is 0 Å². The zero-order valence-corrected chi connectivity index (χ0v) is 13.7.